The van der Waals surface area contributed by atoms with Gasteiger partial charge in [0, 0.05) is 19.4 Å². The van der Waals surface area contributed by atoms with Crippen LogP contribution < -0.4 is 5.73 Å². The number of hydrogen-bond acceptors (Lipinski definition) is 8. The van der Waals surface area contributed by atoms with Crippen molar-refractivity contribution in [3.05, 3.63) is 60.8 Å². The van der Waals surface area contributed by atoms with Crippen molar-refractivity contribution in [2.45, 2.75) is 392 Å². The number of allylic oxidation sites excluding steroid dienone is 10. The largest absolute Gasteiger partial charge is 0.472 e. The molecule has 0 aromatic carbocycles. The Morgan fingerprint density at radius 2 is 0.632 bits per heavy atom. The fourth-order valence-electron chi connectivity index (χ4n) is 11.4. The van der Waals surface area contributed by atoms with E-state index in [9.17, 15) is 19.0 Å². The van der Waals surface area contributed by atoms with Gasteiger partial charge in [0.1, 0.15) is 6.61 Å². The molecule has 0 radical (unpaired) electrons. The van der Waals surface area contributed by atoms with E-state index < -0.39 is 26.5 Å². The molecule has 2 atom stereocenters. The lowest BCUT2D eigenvalue weighted by Crippen LogP contribution is -2.29. The first-order chi connectivity index (χ1) is 42.8. The normalized spacial score (nSPS) is 13.2. The van der Waals surface area contributed by atoms with Crippen LogP contribution in [0, 0.1) is 0 Å². The molecule has 10 heteroatoms. The number of esters is 2. The number of ether oxygens (including phenoxy) is 2. The number of nitrogens with two attached hydrogens (primary N) is 1. The van der Waals surface area contributed by atoms with E-state index >= 15 is 0 Å². The molecule has 87 heavy (non-hydrogen) atoms. The van der Waals surface area contributed by atoms with Crippen molar-refractivity contribution in [1.29, 1.82) is 0 Å². The van der Waals surface area contributed by atoms with E-state index in [4.69, 9.17) is 24.3 Å². The first-order valence-corrected chi connectivity index (χ1v) is 39.3. The third-order valence-electron chi connectivity index (χ3n) is 16.9. The Balaban J connectivity index is 3.78. The highest BCUT2D eigenvalue weighted by molar-refractivity contribution is 7.47. The summed E-state index contributed by atoms with van der Waals surface area (Å²) in [5.74, 6) is -0.811. The number of phosphoric acid groups is 1. The van der Waals surface area contributed by atoms with Gasteiger partial charge < -0.3 is 20.1 Å². The molecular formula is C77H144NO8P. The molecule has 0 bridgehead atoms. The van der Waals surface area contributed by atoms with Crippen molar-refractivity contribution in [3.63, 3.8) is 0 Å². The number of unbranched alkanes of at least 4 members (excludes halogenated alkanes) is 49. The minimum atomic E-state index is -4.40. The number of phosphoric ester groups is 1. The first kappa shape index (κ1) is 84.7. The van der Waals surface area contributed by atoms with E-state index in [2.05, 4.69) is 74.6 Å². The van der Waals surface area contributed by atoms with Crippen LogP contribution in [-0.4, -0.2) is 49.3 Å². The highest BCUT2D eigenvalue weighted by Crippen LogP contribution is 2.43. The van der Waals surface area contributed by atoms with Crippen LogP contribution in [0.25, 0.3) is 0 Å². The average Bonchev–Trinajstić information content (AvgIpc) is 3.63. The van der Waals surface area contributed by atoms with Gasteiger partial charge in [-0.05, 0) is 57.8 Å². The quantitative estimate of drug-likeness (QED) is 0.0264. The number of carbonyl (C=O) groups excluding carboxylic acids is 2. The summed E-state index contributed by atoms with van der Waals surface area (Å²) >= 11 is 0. The molecule has 0 spiro atoms. The van der Waals surface area contributed by atoms with Crippen LogP contribution in [0.3, 0.4) is 0 Å². The second-order valence-corrected chi connectivity index (χ2v) is 27.0. The summed E-state index contributed by atoms with van der Waals surface area (Å²) in [7, 11) is -4.40. The summed E-state index contributed by atoms with van der Waals surface area (Å²) in [5.41, 5.74) is 5.41. The van der Waals surface area contributed by atoms with Gasteiger partial charge in [-0.2, -0.15) is 0 Å². The van der Waals surface area contributed by atoms with Crippen molar-refractivity contribution < 1.29 is 37.6 Å². The molecular weight excluding hydrogens is 1100 g/mol. The summed E-state index contributed by atoms with van der Waals surface area (Å²) in [5, 5.41) is 0. The Labute approximate surface area is 539 Å². The summed E-state index contributed by atoms with van der Waals surface area (Å²) in [4.78, 5) is 35.4. The fraction of sp³-hybridized carbons (Fsp3) is 0.844. The smallest absolute Gasteiger partial charge is 0.462 e. The van der Waals surface area contributed by atoms with Crippen LogP contribution in [0.5, 0.6) is 0 Å². The minimum Gasteiger partial charge on any atom is -0.462 e. The third kappa shape index (κ3) is 72.6. The van der Waals surface area contributed by atoms with Crippen LogP contribution >= 0.6 is 7.82 Å². The molecule has 0 aliphatic heterocycles. The minimum absolute atomic E-state index is 0.0536. The predicted octanol–water partition coefficient (Wildman–Crippen LogP) is 25.0. The van der Waals surface area contributed by atoms with Gasteiger partial charge in [-0.3, -0.25) is 18.6 Å². The van der Waals surface area contributed by atoms with Crippen LogP contribution in [0.1, 0.15) is 386 Å². The van der Waals surface area contributed by atoms with Crippen molar-refractivity contribution in [2.24, 2.45) is 5.73 Å². The van der Waals surface area contributed by atoms with Crippen LogP contribution in [0.2, 0.25) is 0 Å². The van der Waals surface area contributed by atoms with Crippen molar-refractivity contribution in [2.75, 3.05) is 26.4 Å². The monoisotopic (exact) mass is 1240 g/mol. The topological polar surface area (TPSA) is 134 Å². The van der Waals surface area contributed by atoms with Gasteiger partial charge >= 0.3 is 19.8 Å². The Hall–Kier alpha value is -2.29. The SMILES string of the molecule is CC/C=C\C/C=C\C/C=C\C/C=C\C/C=C\CCCCCCCCCCCCCCCC(=O)OC(COC(=O)CCCCCCCCCCCCCCCCCCCCCCCCCCCCCCCCCCCCCCC)COP(=O)(O)OCCN. The summed E-state index contributed by atoms with van der Waals surface area (Å²) in [6.45, 7) is 3.70. The molecule has 3 N–H and O–H groups in total. The Morgan fingerprint density at radius 1 is 0.356 bits per heavy atom. The van der Waals surface area contributed by atoms with Gasteiger partial charge in [-0.25, -0.2) is 4.57 Å². The van der Waals surface area contributed by atoms with Gasteiger partial charge in [-0.1, -0.05) is 376 Å². The van der Waals surface area contributed by atoms with Gasteiger partial charge in [0.25, 0.3) is 0 Å². The molecule has 0 aromatic heterocycles. The lowest BCUT2D eigenvalue weighted by Gasteiger charge is -2.19. The molecule has 0 saturated carbocycles. The number of hydrogen-bond donors (Lipinski definition) is 2. The van der Waals surface area contributed by atoms with Crippen molar-refractivity contribution in [3.8, 4) is 0 Å². The van der Waals surface area contributed by atoms with Gasteiger partial charge in [-0.15, -0.1) is 0 Å². The molecule has 510 valence electrons. The third-order valence-corrected chi connectivity index (χ3v) is 17.9. The fourth-order valence-corrected chi connectivity index (χ4v) is 12.1. The van der Waals surface area contributed by atoms with Gasteiger partial charge in [0.2, 0.25) is 0 Å². The lowest BCUT2D eigenvalue weighted by molar-refractivity contribution is -0.161. The predicted molar refractivity (Wildman–Crippen MR) is 376 cm³/mol. The molecule has 0 fully saturated rings. The Morgan fingerprint density at radius 3 is 0.943 bits per heavy atom. The Kier molecular flexibility index (Phi) is 70.9. The summed E-state index contributed by atoms with van der Waals surface area (Å²) < 4.78 is 33.2. The summed E-state index contributed by atoms with van der Waals surface area (Å²) in [6, 6.07) is 0. The van der Waals surface area contributed by atoms with E-state index in [1.807, 2.05) is 0 Å². The molecule has 0 amide bonds. The van der Waals surface area contributed by atoms with E-state index in [1.54, 1.807) is 0 Å². The molecule has 0 heterocycles. The maximum atomic E-state index is 12.8. The molecule has 0 saturated heterocycles. The highest BCUT2D eigenvalue weighted by Gasteiger charge is 2.26. The maximum Gasteiger partial charge on any atom is 0.472 e. The standard InChI is InChI=1S/C77H144NO8P/c1-3-5-7-9-11-13-15-17-19-21-23-25-27-29-31-33-34-35-36-37-38-39-40-42-43-45-47-49-51-53-55-57-59-61-63-65-67-69-76(79)83-73-75(74-85-87(81,82)84-72-71-78)86-77(80)70-68-66-64-62-60-58-56-54-52-50-48-46-44-41-32-30-28-26-24-22-20-18-16-14-12-10-8-6-4-2/h6,8,12,14,18,20,24,26,30,32,75H,3-5,7,9-11,13,15-17,19,21-23,25,27-29,31,33-74,78H2,1-2H3,(H,81,82)/b8-6-,14-12-,20-18-,26-24-,32-30-. The molecule has 0 aromatic rings. The molecule has 0 aliphatic carbocycles. The second kappa shape index (κ2) is 72.8. The van der Waals surface area contributed by atoms with Crippen molar-refractivity contribution in [1.82, 2.24) is 0 Å². The Bertz CT molecular complexity index is 1610. The molecule has 9 nitrogen and oxygen atoms in total. The first-order valence-electron chi connectivity index (χ1n) is 37.8. The van der Waals surface area contributed by atoms with Crippen LogP contribution in [0.15, 0.2) is 60.8 Å². The number of rotatable bonds is 72. The average molecular weight is 1240 g/mol. The summed E-state index contributed by atoms with van der Waals surface area (Å²) in [6.07, 6.45) is 94.9. The zero-order valence-electron chi connectivity index (χ0n) is 57.5. The van der Waals surface area contributed by atoms with E-state index in [0.717, 1.165) is 70.6 Å². The van der Waals surface area contributed by atoms with Crippen LogP contribution in [0.4, 0.5) is 0 Å². The van der Waals surface area contributed by atoms with Gasteiger partial charge in [0.05, 0.1) is 13.2 Å². The number of carbonyl (C=O) groups is 2. The van der Waals surface area contributed by atoms with Crippen molar-refractivity contribution >= 4 is 19.8 Å². The molecule has 2 unspecified atom stereocenters. The van der Waals surface area contributed by atoms with E-state index in [-0.39, 0.29) is 38.6 Å². The zero-order valence-corrected chi connectivity index (χ0v) is 58.4. The molecule has 0 rings (SSSR count). The van der Waals surface area contributed by atoms with Crippen LogP contribution in [-0.2, 0) is 32.7 Å². The highest BCUT2D eigenvalue weighted by atomic mass is 31.2. The van der Waals surface area contributed by atoms with E-state index in [1.165, 1.54) is 283 Å². The second-order valence-electron chi connectivity index (χ2n) is 25.5. The zero-order chi connectivity index (χ0) is 63.0. The maximum absolute atomic E-state index is 12.8. The lowest BCUT2D eigenvalue weighted by atomic mass is 10.0. The van der Waals surface area contributed by atoms with Gasteiger partial charge in [0.15, 0.2) is 6.10 Å². The molecule has 0 aliphatic rings. The van der Waals surface area contributed by atoms with E-state index in [0.29, 0.717) is 6.42 Å².